The van der Waals surface area contributed by atoms with Crippen molar-refractivity contribution in [1.29, 1.82) is 0 Å². The van der Waals surface area contributed by atoms with Crippen molar-refractivity contribution in [2.24, 2.45) is 7.05 Å². The van der Waals surface area contributed by atoms with E-state index < -0.39 is 0 Å². The summed E-state index contributed by atoms with van der Waals surface area (Å²) in [6, 6.07) is 23.5. The highest BCUT2D eigenvalue weighted by molar-refractivity contribution is 9.11. The van der Waals surface area contributed by atoms with Gasteiger partial charge in [0.15, 0.2) is 0 Å². The Morgan fingerprint density at radius 3 is 1.87 bits per heavy atom. The molecule has 0 unspecified atom stereocenters. The lowest BCUT2D eigenvalue weighted by molar-refractivity contribution is -0.617. The first-order valence-electron chi connectivity index (χ1n) is 7.42. The summed E-state index contributed by atoms with van der Waals surface area (Å²) >= 11 is 7.28. The number of fused-ring (bicyclic) bond motifs is 2. The van der Waals surface area contributed by atoms with E-state index in [9.17, 15) is 0 Å². The summed E-state index contributed by atoms with van der Waals surface area (Å²) in [5.41, 5.74) is 4.95. The maximum absolute atomic E-state index is 3.74. The average Bonchev–Trinajstić information content (AvgIpc) is 2.57. The van der Waals surface area contributed by atoms with Crippen LogP contribution in [0.2, 0.25) is 0 Å². The molecule has 3 heteroatoms. The van der Waals surface area contributed by atoms with Crippen LogP contribution in [0.25, 0.3) is 32.9 Å². The monoisotopic (exact) mass is 426 g/mol. The SMILES string of the molecule is C[n+]1c2ccccc2c(-c2ccc(Br)cc2Br)c2ccccc21. The predicted octanol–water partition coefficient (Wildman–Crippen LogP) is 6.01. The molecule has 112 valence electrons. The summed E-state index contributed by atoms with van der Waals surface area (Å²) in [6.07, 6.45) is 0. The van der Waals surface area contributed by atoms with E-state index in [4.69, 9.17) is 0 Å². The minimum atomic E-state index is 1.07. The maximum atomic E-state index is 3.74. The normalized spacial score (nSPS) is 11.3. The van der Waals surface area contributed by atoms with Crippen molar-refractivity contribution < 1.29 is 4.57 Å². The molecule has 3 aromatic carbocycles. The minimum absolute atomic E-state index is 1.07. The number of aromatic nitrogens is 1. The van der Waals surface area contributed by atoms with Gasteiger partial charge in [0.1, 0.15) is 7.05 Å². The largest absolute Gasteiger partial charge is 0.213 e. The number of pyridine rings is 1. The molecule has 0 aliphatic rings. The number of aryl methyl sites for hydroxylation is 1. The Labute approximate surface area is 151 Å². The fourth-order valence-corrected chi connectivity index (χ4v) is 4.46. The van der Waals surface area contributed by atoms with Crippen LogP contribution in [0.15, 0.2) is 75.7 Å². The molecule has 4 aromatic rings. The summed E-state index contributed by atoms with van der Waals surface area (Å²) in [7, 11) is 2.13. The molecule has 0 spiro atoms. The second-order valence-corrected chi connectivity index (χ2v) is 7.36. The number of rotatable bonds is 1. The summed E-state index contributed by atoms with van der Waals surface area (Å²) in [5.74, 6) is 0. The number of para-hydroxylation sites is 2. The van der Waals surface area contributed by atoms with E-state index in [-0.39, 0.29) is 0 Å². The van der Waals surface area contributed by atoms with Gasteiger partial charge in [-0.1, -0.05) is 62.2 Å². The molecule has 0 radical (unpaired) electrons. The fourth-order valence-electron chi connectivity index (χ4n) is 3.21. The van der Waals surface area contributed by atoms with Gasteiger partial charge in [-0.05, 0) is 29.8 Å². The third-order valence-electron chi connectivity index (χ3n) is 4.27. The highest BCUT2D eigenvalue weighted by Gasteiger charge is 2.19. The quantitative estimate of drug-likeness (QED) is 0.258. The summed E-state index contributed by atoms with van der Waals surface area (Å²) < 4.78 is 4.43. The number of hydrogen-bond donors (Lipinski definition) is 0. The van der Waals surface area contributed by atoms with Gasteiger partial charge in [-0.25, -0.2) is 0 Å². The van der Waals surface area contributed by atoms with Crippen LogP contribution in [0.5, 0.6) is 0 Å². The lowest BCUT2D eigenvalue weighted by Crippen LogP contribution is -2.30. The first-order chi connectivity index (χ1) is 11.2. The zero-order chi connectivity index (χ0) is 16.0. The minimum Gasteiger partial charge on any atom is -0.194 e. The van der Waals surface area contributed by atoms with E-state index in [0.29, 0.717) is 0 Å². The van der Waals surface area contributed by atoms with E-state index in [0.717, 1.165) is 8.95 Å². The van der Waals surface area contributed by atoms with Crippen LogP contribution >= 0.6 is 31.9 Å². The molecule has 1 aromatic heterocycles. The van der Waals surface area contributed by atoms with Crippen LogP contribution < -0.4 is 4.57 Å². The molecule has 23 heavy (non-hydrogen) atoms. The average molecular weight is 428 g/mol. The van der Waals surface area contributed by atoms with Crippen LogP contribution in [0.3, 0.4) is 0 Å². The Morgan fingerprint density at radius 1 is 0.739 bits per heavy atom. The smallest absolute Gasteiger partial charge is 0.194 e. The van der Waals surface area contributed by atoms with Crippen molar-refractivity contribution in [3.8, 4) is 11.1 Å². The van der Waals surface area contributed by atoms with E-state index >= 15 is 0 Å². The van der Waals surface area contributed by atoms with E-state index in [2.05, 4.69) is 110 Å². The van der Waals surface area contributed by atoms with Gasteiger partial charge in [-0.3, -0.25) is 0 Å². The third-order valence-corrected chi connectivity index (χ3v) is 5.42. The van der Waals surface area contributed by atoms with Crippen molar-refractivity contribution >= 4 is 53.7 Å². The fraction of sp³-hybridized carbons (Fsp3) is 0.0500. The number of halogens is 2. The van der Waals surface area contributed by atoms with E-state index in [1.165, 1.54) is 32.9 Å². The van der Waals surface area contributed by atoms with Crippen molar-refractivity contribution in [3.05, 3.63) is 75.7 Å². The van der Waals surface area contributed by atoms with Crippen LogP contribution in [-0.2, 0) is 7.05 Å². The van der Waals surface area contributed by atoms with Crippen LogP contribution in [0.1, 0.15) is 0 Å². The molecule has 0 saturated heterocycles. The first kappa shape index (κ1) is 14.9. The number of benzene rings is 3. The van der Waals surface area contributed by atoms with Gasteiger partial charge in [0.2, 0.25) is 11.0 Å². The first-order valence-corrected chi connectivity index (χ1v) is 9.00. The molecule has 1 heterocycles. The second-order valence-electron chi connectivity index (χ2n) is 5.59. The maximum Gasteiger partial charge on any atom is 0.213 e. The van der Waals surface area contributed by atoms with Gasteiger partial charge in [0, 0.05) is 26.6 Å². The standard InChI is InChI=1S/C20H14Br2N/c1-23-18-8-4-2-6-15(18)20(16-7-3-5-9-19(16)23)14-11-10-13(21)12-17(14)22/h2-12H,1H3/q+1. The zero-order valence-corrected chi connectivity index (χ0v) is 15.7. The van der Waals surface area contributed by atoms with Crippen LogP contribution in [-0.4, -0.2) is 0 Å². The van der Waals surface area contributed by atoms with Crippen LogP contribution in [0, 0.1) is 0 Å². The molecule has 0 saturated carbocycles. The summed E-state index contributed by atoms with van der Waals surface area (Å²) in [4.78, 5) is 0. The highest BCUT2D eigenvalue weighted by Crippen LogP contribution is 2.38. The molecule has 0 fully saturated rings. The third kappa shape index (κ3) is 2.39. The highest BCUT2D eigenvalue weighted by atomic mass is 79.9. The summed E-state index contributed by atoms with van der Waals surface area (Å²) in [6.45, 7) is 0. The Hall–Kier alpha value is -1.71. The molecule has 0 aliphatic carbocycles. The molecule has 1 nitrogen and oxygen atoms in total. The summed E-state index contributed by atoms with van der Waals surface area (Å²) in [5, 5.41) is 2.52. The Morgan fingerprint density at radius 2 is 1.30 bits per heavy atom. The van der Waals surface area contributed by atoms with Crippen molar-refractivity contribution in [1.82, 2.24) is 0 Å². The van der Waals surface area contributed by atoms with Crippen molar-refractivity contribution in [3.63, 3.8) is 0 Å². The molecule has 0 N–H and O–H groups in total. The Bertz CT molecular complexity index is 997. The van der Waals surface area contributed by atoms with Crippen LogP contribution in [0.4, 0.5) is 0 Å². The topological polar surface area (TPSA) is 3.88 Å². The Balaban J connectivity index is 2.25. The number of nitrogens with zero attached hydrogens (tertiary/aromatic N) is 1. The number of hydrogen-bond acceptors (Lipinski definition) is 0. The molecular formula is C20H14Br2N+. The van der Waals surface area contributed by atoms with Gasteiger partial charge in [0.05, 0.1) is 10.8 Å². The molecule has 0 amide bonds. The second kappa shape index (κ2) is 5.73. The molecule has 0 aliphatic heterocycles. The van der Waals surface area contributed by atoms with E-state index in [1.807, 2.05) is 0 Å². The van der Waals surface area contributed by atoms with E-state index in [1.54, 1.807) is 0 Å². The zero-order valence-electron chi connectivity index (χ0n) is 12.6. The molecular weight excluding hydrogens is 414 g/mol. The molecule has 0 atom stereocenters. The van der Waals surface area contributed by atoms with Gasteiger partial charge < -0.3 is 0 Å². The van der Waals surface area contributed by atoms with Gasteiger partial charge in [-0.2, -0.15) is 4.57 Å². The van der Waals surface area contributed by atoms with Crippen molar-refractivity contribution in [2.75, 3.05) is 0 Å². The molecule has 0 bridgehead atoms. The predicted molar refractivity (Wildman–Crippen MR) is 103 cm³/mol. The van der Waals surface area contributed by atoms with Gasteiger partial charge in [-0.15, -0.1) is 0 Å². The van der Waals surface area contributed by atoms with Gasteiger partial charge >= 0.3 is 0 Å². The lowest BCUT2D eigenvalue weighted by Gasteiger charge is -2.12. The molecule has 4 rings (SSSR count). The lowest BCUT2D eigenvalue weighted by atomic mass is 9.96. The van der Waals surface area contributed by atoms with Crippen molar-refractivity contribution in [2.45, 2.75) is 0 Å². The Kier molecular flexibility index (Phi) is 3.70. The van der Waals surface area contributed by atoms with Gasteiger partial charge in [0.25, 0.3) is 0 Å².